The van der Waals surface area contributed by atoms with E-state index in [-0.39, 0.29) is 17.4 Å². The Balaban J connectivity index is 1.75. The molecule has 0 bridgehead atoms. The van der Waals surface area contributed by atoms with Gasteiger partial charge in [-0.05, 0) is 26.2 Å². The first-order chi connectivity index (χ1) is 11.1. The highest BCUT2D eigenvalue weighted by Crippen LogP contribution is 2.55. The summed E-state index contributed by atoms with van der Waals surface area (Å²) in [6, 6.07) is 0.273. The van der Waals surface area contributed by atoms with Gasteiger partial charge in [-0.15, -0.1) is 11.3 Å². The number of nitrogens with zero attached hydrogens (tertiary/aromatic N) is 2. The zero-order valence-electron chi connectivity index (χ0n) is 14.1. The molecule has 1 aromatic heterocycles. The number of ether oxygens (including phenoxy) is 1. The van der Waals surface area contributed by atoms with Gasteiger partial charge in [0.1, 0.15) is 10.7 Å². The van der Waals surface area contributed by atoms with Gasteiger partial charge in [0.25, 0.3) is 5.91 Å². The zero-order chi connectivity index (χ0) is 16.4. The van der Waals surface area contributed by atoms with E-state index in [1.165, 1.54) is 43.4 Å². The molecular weight excluding hydrogens is 310 g/mol. The Bertz CT molecular complexity index is 554. The van der Waals surface area contributed by atoms with Crippen molar-refractivity contribution in [1.82, 2.24) is 9.88 Å². The standard InChI is InChI=1S/C17H27N3O2S/c1-3-22-14-9-13(17(14)7-5-4-6-8-17)20(2)16(21)12-11-23-15(10-18)19-12/h11,13-14H,3-10,18H2,1-2H3/t13-,14-/m0/s1. The summed E-state index contributed by atoms with van der Waals surface area (Å²) in [6.45, 7) is 3.20. The van der Waals surface area contributed by atoms with Crippen molar-refractivity contribution in [3.05, 3.63) is 16.1 Å². The van der Waals surface area contributed by atoms with Gasteiger partial charge in [0.2, 0.25) is 0 Å². The summed E-state index contributed by atoms with van der Waals surface area (Å²) in [6.07, 6.45) is 7.39. The van der Waals surface area contributed by atoms with Gasteiger partial charge in [-0.3, -0.25) is 4.79 Å². The Hall–Kier alpha value is -0.980. The third-order valence-corrected chi connectivity index (χ3v) is 6.50. The molecule has 1 heterocycles. The quantitative estimate of drug-likeness (QED) is 0.897. The first-order valence-electron chi connectivity index (χ1n) is 8.65. The van der Waals surface area contributed by atoms with Gasteiger partial charge < -0.3 is 15.4 Å². The number of hydrogen-bond donors (Lipinski definition) is 1. The SMILES string of the molecule is CCO[C@H]1C[C@H](N(C)C(=O)c2csc(CN)n2)C12CCCCC2. The molecule has 1 aromatic rings. The lowest BCUT2D eigenvalue weighted by Gasteiger charge is -2.60. The number of carbonyl (C=O) groups is 1. The maximum Gasteiger partial charge on any atom is 0.273 e. The Morgan fingerprint density at radius 2 is 2.22 bits per heavy atom. The number of aromatic nitrogens is 1. The van der Waals surface area contributed by atoms with Crippen molar-refractivity contribution in [1.29, 1.82) is 0 Å². The van der Waals surface area contributed by atoms with E-state index in [4.69, 9.17) is 10.5 Å². The Kier molecular flexibility index (Phi) is 5.04. The first kappa shape index (κ1) is 16.9. The molecule has 2 atom stereocenters. The summed E-state index contributed by atoms with van der Waals surface area (Å²) in [7, 11) is 1.92. The second-order valence-electron chi connectivity index (χ2n) is 6.74. The molecule has 5 nitrogen and oxygen atoms in total. The van der Waals surface area contributed by atoms with Crippen molar-refractivity contribution < 1.29 is 9.53 Å². The smallest absolute Gasteiger partial charge is 0.273 e. The summed E-state index contributed by atoms with van der Waals surface area (Å²) < 4.78 is 5.99. The molecule has 2 saturated carbocycles. The molecule has 2 N–H and O–H groups in total. The van der Waals surface area contributed by atoms with E-state index in [0.717, 1.165) is 18.0 Å². The normalized spacial score (nSPS) is 26.0. The third-order valence-electron chi connectivity index (χ3n) is 5.63. The van der Waals surface area contributed by atoms with Crippen molar-refractivity contribution in [2.24, 2.45) is 11.1 Å². The van der Waals surface area contributed by atoms with Gasteiger partial charge in [0.15, 0.2) is 0 Å². The minimum Gasteiger partial charge on any atom is -0.378 e. The van der Waals surface area contributed by atoms with E-state index in [1.54, 1.807) is 0 Å². The fourth-order valence-electron chi connectivity index (χ4n) is 4.40. The predicted octanol–water partition coefficient (Wildman–Crippen LogP) is 2.80. The first-order valence-corrected chi connectivity index (χ1v) is 9.53. The van der Waals surface area contributed by atoms with Crippen LogP contribution in [-0.2, 0) is 11.3 Å². The molecule has 23 heavy (non-hydrogen) atoms. The van der Waals surface area contributed by atoms with Crippen molar-refractivity contribution in [2.45, 2.75) is 64.1 Å². The Morgan fingerprint density at radius 1 is 1.48 bits per heavy atom. The lowest BCUT2D eigenvalue weighted by atomic mass is 9.54. The molecule has 2 fully saturated rings. The van der Waals surface area contributed by atoms with Crippen LogP contribution < -0.4 is 5.73 Å². The molecule has 1 amide bonds. The summed E-state index contributed by atoms with van der Waals surface area (Å²) in [4.78, 5) is 19.1. The highest BCUT2D eigenvalue weighted by Gasteiger charge is 2.57. The molecule has 0 unspecified atom stereocenters. The topological polar surface area (TPSA) is 68.5 Å². The van der Waals surface area contributed by atoms with E-state index in [0.29, 0.717) is 18.3 Å². The van der Waals surface area contributed by atoms with Crippen LogP contribution >= 0.6 is 11.3 Å². The number of hydrogen-bond acceptors (Lipinski definition) is 5. The number of carbonyl (C=O) groups excluding carboxylic acids is 1. The molecule has 128 valence electrons. The van der Waals surface area contributed by atoms with Gasteiger partial charge in [0.05, 0.1) is 6.10 Å². The number of thiazole rings is 1. The van der Waals surface area contributed by atoms with Gasteiger partial charge in [-0.2, -0.15) is 0 Å². The van der Waals surface area contributed by atoms with Crippen LogP contribution in [0.4, 0.5) is 0 Å². The van der Waals surface area contributed by atoms with E-state index in [2.05, 4.69) is 11.9 Å². The highest BCUT2D eigenvalue weighted by atomic mass is 32.1. The Labute approximate surface area is 142 Å². The fraction of sp³-hybridized carbons (Fsp3) is 0.765. The van der Waals surface area contributed by atoms with Crippen molar-refractivity contribution in [2.75, 3.05) is 13.7 Å². The Morgan fingerprint density at radius 3 is 2.83 bits per heavy atom. The molecule has 0 aromatic carbocycles. The minimum atomic E-state index is 0.0193. The highest BCUT2D eigenvalue weighted by molar-refractivity contribution is 7.09. The minimum absolute atomic E-state index is 0.0193. The fourth-order valence-corrected chi connectivity index (χ4v) is 5.04. The average Bonchev–Trinajstić information content (AvgIpc) is 3.07. The monoisotopic (exact) mass is 337 g/mol. The molecule has 1 spiro atoms. The summed E-state index contributed by atoms with van der Waals surface area (Å²) in [5.41, 5.74) is 6.30. The maximum atomic E-state index is 12.8. The summed E-state index contributed by atoms with van der Waals surface area (Å²) in [5, 5.41) is 2.64. The van der Waals surface area contributed by atoms with E-state index in [9.17, 15) is 4.79 Å². The zero-order valence-corrected chi connectivity index (χ0v) is 14.9. The van der Waals surface area contributed by atoms with Crippen LogP contribution in [0.1, 0.15) is 60.9 Å². The van der Waals surface area contributed by atoms with E-state index in [1.807, 2.05) is 17.3 Å². The number of amides is 1. The molecule has 0 saturated heterocycles. The van der Waals surface area contributed by atoms with Crippen LogP contribution in [0.25, 0.3) is 0 Å². The van der Waals surface area contributed by atoms with Crippen molar-refractivity contribution in [3.8, 4) is 0 Å². The number of nitrogens with two attached hydrogens (primary N) is 1. The lowest BCUT2D eigenvalue weighted by molar-refractivity contribution is -0.170. The molecule has 6 heteroatoms. The van der Waals surface area contributed by atoms with Gasteiger partial charge >= 0.3 is 0 Å². The van der Waals surface area contributed by atoms with Crippen molar-refractivity contribution >= 4 is 17.2 Å². The third kappa shape index (κ3) is 2.92. The molecule has 2 aliphatic carbocycles. The maximum absolute atomic E-state index is 12.8. The largest absolute Gasteiger partial charge is 0.378 e. The van der Waals surface area contributed by atoms with E-state index >= 15 is 0 Å². The van der Waals surface area contributed by atoms with E-state index < -0.39 is 0 Å². The van der Waals surface area contributed by atoms with Gasteiger partial charge in [0, 0.05) is 37.0 Å². The van der Waals surface area contributed by atoms with Gasteiger partial charge in [-0.1, -0.05) is 19.3 Å². The molecule has 2 aliphatic rings. The molecular formula is C17H27N3O2S. The van der Waals surface area contributed by atoms with Crippen LogP contribution in [0.3, 0.4) is 0 Å². The van der Waals surface area contributed by atoms with Crippen LogP contribution in [0.2, 0.25) is 0 Å². The van der Waals surface area contributed by atoms with Gasteiger partial charge in [-0.25, -0.2) is 4.98 Å². The predicted molar refractivity (Wildman–Crippen MR) is 91.4 cm³/mol. The van der Waals surface area contributed by atoms with Crippen LogP contribution in [-0.4, -0.2) is 41.6 Å². The van der Waals surface area contributed by atoms with Crippen LogP contribution in [0.5, 0.6) is 0 Å². The second kappa shape index (κ2) is 6.87. The average molecular weight is 337 g/mol. The molecule has 0 aliphatic heterocycles. The van der Waals surface area contributed by atoms with Crippen LogP contribution in [0.15, 0.2) is 5.38 Å². The molecule has 0 radical (unpaired) electrons. The molecule has 3 rings (SSSR count). The summed E-state index contributed by atoms with van der Waals surface area (Å²) >= 11 is 1.46. The van der Waals surface area contributed by atoms with Crippen LogP contribution in [0, 0.1) is 5.41 Å². The summed E-state index contributed by atoms with van der Waals surface area (Å²) in [5.74, 6) is 0.0193. The number of rotatable bonds is 5. The van der Waals surface area contributed by atoms with Crippen molar-refractivity contribution in [3.63, 3.8) is 0 Å². The lowest BCUT2D eigenvalue weighted by Crippen LogP contribution is -2.65. The second-order valence-corrected chi connectivity index (χ2v) is 7.68.